The van der Waals surface area contributed by atoms with Gasteiger partial charge in [0.05, 0.1) is 50.2 Å². The second-order valence-corrected chi connectivity index (χ2v) is 23.0. The molecular formula is C82H50N12. The average Bonchev–Trinajstić information content (AvgIpc) is 0.866. The quantitative estimate of drug-likeness (QED) is 0.126. The predicted octanol–water partition coefficient (Wildman–Crippen LogP) is 19.2. The minimum Gasteiger partial charge on any atom is -0.254 e. The summed E-state index contributed by atoms with van der Waals surface area (Å²) < 4.78 is 0. The minimum atomic E-state index is 0.538. The SMILES string of the molecule is c1ccc(-c2ccc3cc(-c4ccc5ccc(-c6nc(-c7ccccc7)nc(-c7ccccc7)n6)nc5c4)ccc3n2)cc1.c1cnc2c(c1)ccc1ccc(-c3ccc4cc(-c5ccc6cc(-c7ccc8ccc(-c9ncncn9)nc8c7)ccc6n5)ccc4c3)nc12. The molecule has 0 atom stereocenters. The van der Waals surface area contributed by atoms with E-state index >= 15 is 0 Å². The zero-order chi connectivity index (χ0) is 62.3. The van der Waals surface area contributed by atoms with Crippen molar-refractivity contribution in [2.45, 2.75) is 0 Å². The van der Waals surface area contributed by atoms with E-state index in [4.69, 9.17) is 39.9 Å². The molecule has 438 valence electrons. The molecule has 0 unspecified atom stereocenters. The van der Waals surface area contributed by atoms with Crippen LogP contribution in [0.1, 0.15) is 0 Å². The smallest absolute Gasteiger partial charge is 0.182 e. The van der Waals surface area contributed by atoms with Gasteiger partial charge in [-0.05, 0) is 118 Å². The highest BCUT2D eigenvalue weighted by atomic mass is 15.0. The molecule has 0 spiro atoms. The molecule has 8 aromatic heterocycles. The maximum Gasteiger partial charge on any atom is 0.182 e. The van der Waals surface area contributed by atoms with Crippen LogP contribution in [0.3, 0.4) is 0 Å². The molecule has 0 amide bonds. The molecule has 0 bridgehead atoms. The lowest BCUT2D eigenvalue weighted by Gasteiger charge is -2.09. The van der Waals surface area contributed by atoms with Gasteiger partial charge >= 0.3 is 0 Å². The number of benzene rings is 10. The lowest BCUT2D eigenvalue weighted by molar-refractivity contribution is 1.05. The second-order valence-electron chi connectivity index (χ2n) is 23.0. The fraction of sp³-hybridized carbons (Fsp3) is 0. The Bertz CT molecular complexity index is 5880. The van der Waals surface area contributed by atoms with Crippen molar-refractivity contribution in [1.82, 2.24) is 59.8 Å². The Balaban J connectivity index is 0.000000144. The Morgan fingerprint density at radius 1 is 0.181 bits per heavy atom. The third-order valence-electron chi connectivity index (χ3n) is 17.0. The standard InChI is InChI=1S/C43H25N7.C39H25N5/c1-2-27-4-5-28-12-15-38(50-42(28)41(27)45-19-1)34-10-8-29-20-33(9-7-30(29)21-34)37-17-14-35-22-31(13-16-36(35)48-37)32-6-3-26-11-18-39(49-40(26)23-32)43-46-24-44-25-47-43;1-4-10-26(11-5-1)33-22-20-32-24-30(19-21-34(32)40-33)31-17-16-27-18-23-35(41-36(27)25-31)39-43-37(28-12-6-2-7-13-28)42-38(44-39)29-14-8-3-9-15-29/h1-25H;1-25H. The van der Waals surface area contributed by atoms with Gasteiger partial charge in [-0.2, -0.15) is 0 Å². The second kappa shape index (κ2) is 23.7. The molecule has 12 heteroatoms. The van der Waals surface area contributed by atoms with Crippen LogP contribution in [0.5, 0.6) is 0 Å². The zero-order valence-electron chi connectivity index (χ0n) is 50.2. The summed E-state index contributed by atoms with van der Waals surface area (Å²) in [6, 6.07) is 97.7. The van der Waals surface area contributed by atoms with Crippen molar-refractivity contribution in [2.75, 3.05) is 0 Å². The summed E-state index contributed by atoms with van der Waals surface area (Å²) in [5.74, 6) is 2.33. The van der Waals surface area contributed by atoms with Crippen molar-refractivity contribution in [3.63, 3.8) is 0 Å². The van der Waals surface area contributed by atoms with Crippen LogP contribution < -0.4 is 0 Å². The molecule has 0 saturated heterocycles. The maximum atomic E-state index is 5.05. The molecule has 94 heavy (non-hydrogen) atoms. The van der Waals surface area contributed by atoms with Crippen molar-refractivity contribution < 1.29 is 0 Å². The highest BCUT2D eigenvalue weighted by Gasteiger charge is 2.16. The molecular weight excluding hydrogens is 1150 g/mol. The fourth-order valence-corrected chi connectivity index (χ4v) is 12.1. The number of hydrogen-bond donors (Lipinski definition) is 0. The Morgan fingerprint density at radius 2 is 0.564 bits per heavy atom. The first-order valence-electron chi connectivity index (χ1n) is 30.9. The molecule has 0 aliphatic carbocycles. The first-order valence-corrected chi connectivity index (χ1v) is 30.9. The zero-order valence-corrected chi connectivity index (χ0v) is 50.2. The molecule has 12 nitrogen and oxygen atoms in total. The number of pyridine rings is 6. The lowest BCUT2D eigenvalue weighted by atomic mass is 9.99. The Kier molecular flexibility index (Phi) is 13.9. The van der Waals surface area contributed by atoms with E-state index in [1.165, 1.54) is 12.7 Å². The average molecular weight is 1200 g/mol. The van der Waals surface area contributed by atoms with Crippen LogP contribution in [0.25, 0.3) is 178 Å². The summed E-state index contributed by atoms with van der Waals surface area (Å²) in [4.78, 5) is 56.4. The molecule has 18 rings (SSSR count). The predicted molar refractivity (Wildman–Crippen MR) is 378 cm³/mol. The van der Waals surface area contributed by atoms with Crippen molar-refractivity contribution in [3.05, 3.63) is 304 Å². The third kappa shape index (κ3) is 10.9. The summed E-state index contributed by atoms with van der Waals surface area (Å²) >= 11 is 0. The number of aromatic nitrogens is 12. The molecule has 0 aliphatic rings. The van der Waals surface area contributed by atoms with Gasteiger partial charge in [0.15, 0.2) is 23.3 Å². The van der Waals surface area contributed by atoms with Crippen molar-refractivity contribution in [1.29, 1.82) is 0 Å². The molecule has 0 fully saturated rings. The van der Waals surface area contributed by atoms with E-state index in [9.17, 15) is 0 Å². The summed E-state index contributed by atoms with van der Waals surface area (Å²) in [7, 11) is 0. The molecule has 0 radical (unpaired) electrons. The van der Waals surface area contributed by atoms with Gasteiger partial charge in [-0.3, -0.25) is 4.98 Å². The van der Waals surface area contributed by atoms with Gasteiger partial charge in [0.25, 0.3) is 0 Å². The van der Waals surface area contributed by atoms with Crippen LogP contribution in [-0.2, 0) is 0 Å². The molecule has 0 saturated carbocycles. The van der Waals surface area contributed by atoms with Crippen molar-refractivity contribution in [2.24, 2.45) is 0 Å². The van der Waals surface area contributed by atoms with Gasteiger partial charge in [0.2, 0.25) is 0 Å². The van der Waals surface area contributed by atoms with E-state index in [0.29, 0.717) is 29.0 Å². The van der Waals surface area contributed by atoms with E-state index in [-0.39, 0.29) is 0 Å². The molecule has 0 aliphatic heterocycles. The van der Waals surface area contributed by atoms with E-state index < -0.39 is 0 Å². The summed E-state index contributed by atoms with van der Waals surface area (Å²) in [6.07, 6.45) is 4.80. The van der Waals surface area contributed by atoms with Crippen molar-refractivity contribution >= 4 is 76.2 Å². The summed E-state index contributed by atoms with van der Waals surface area (Å²) in [5.41, 5.74) is 19.3. The van der Waals surface area contributed by atoms with Crippen LogP contribution in [0, 0.1) is 0 Å². The largest absolute Gasteiger partial charge is 0.254 e. The number of nitrogens with zero attached hydrogens (tertiary/aromatic N) is 12. The number of hydrogen-bond acceptors (Lipinski definition) is 12. The van der Waals surface area contributed by atoms with Crippen LogP contribution in [0.2, 0.25) is 0 Å². The van der Waals surface area contributed by atoms with Gasteiger partial charge in [-0.1, -0.05) is 200 Å². The van der Waals surface area contributed by atoms with E-state index in [1.54, 1.807) is 0 Å². The Labute approximate surface area is 538 Å². The van der Waals surface area contributed by atoms with Crippen molar-refractivity contribution in [3.8, 4) is 102 Å². The Hall–Kier alpha value is -13.1. The summed E-state index contributed by atoms with van der Waals surface area (Å²) in [6.45, 7) is 0. The Morgan fingerprint density at radius 3 is 1.13 bits per heavy atom. The maximum absolute atomic E-state index is 5.05. The van der Waals surface area contributed by atoms with Crippen LogP contribution in [0.15, 0.2) is 304 Å². The summed E-state index contributed by atoms with van der Waals surface area (Å²) in [5, 5.41) is 8.76. The van der Waals surface area contributed by atoms with Gasteiger partial charge in [-0.25, -0.2) is 54.8 Å². The topological polar surface area (TPSA) is 155 Å². The highest BCUT2D eigenvalue weighted by Crippen LogP contribution is 2.35. The fourth-order valence-electron chi connectivity index (χ4n) is 12.1. The van der Waals surface area contributed by atoms with Gasteiger partial charge in [0.1, 0.15) is 24.0 Å². The number of fused-ring (bicyclic) bond motifs is 8. The van der Waals surface area contributed by atoms with E-state index in [1.807, 2.05) is 109 Å². The van der Waals surface area contributed by atoms with Gasteiger partial charge in [0, 0.05) is 66.3 Å². The first kappa shape index (κ1) is 55.0. The first-order chi connectivity index (χ1) is 46.5. The minimum absolute atomic E-state index is 0.538. The normalized spacial score (nSPS) is 11.4. The van der Waals surface area contributed by atoms with Gasteiger partial charge in [-0.15, -0.1) is 0 Å². The van der Waals surface area contributed by atoms with Crippen LogP contribution in [0.4, 0.5) is 0 Å². The van der Waals surface area contributed by atoms with Gasteiger partial charge < -0.3 is 0 Å². The molecule has 0 N–H and O–H groups in total. The molecule has 8 heterocycles. The third-order valence-corrected chi connectivity index (χ3v) is 17.0. The lowest BCUT2D eigenvalue weighted by Crippen LogP contribution is -2.01. The monoisotopic (exact) mass is 1200 g/mol. The van der Waals surface area contributed by atoms with Crippen LogP contribution >= 0.6 is 0 Å². The van der Waals surface area contributed by atoms with Crippen LogP contribution in [-0.4, -0.2) is 59.8 Å². The number of rotatable bonds is 9. The van der Waals surface area contributed by atoms with E-state index in [2.05, 4.69) is 202 Å². The van der Waals surface area contributed by atoms with E-state index in [0.717, 1.165) is 149 Å². The highest BCUT2D eigenvalue weighted by molar-refractivity contribution is 6.04. The molecule has 10 aromatic carbocycles. The molecule has 18 aromatic rings.